The molecule has 0 unspecified atom stereocenters. The molecule has 1 aliphatic heterocycles. The molecule has 5 heterocycles. The van der Waals surface area contributed by atoms with Gasteiger partial charge in [0.25, 0.3) is 0 Å². The first kappa shape index (κ1) is 25.5. The van der Waals surface area contributed by atoms with Crippen LogP contribution in [0.2, 0.25) is 0 Å². The smallest absolute Gasteiger partial charge is 0.228 e. The Morgan fingerprint density at radius 3 is 2.37 bits per heavy atom. The first-order valence-electron chi connectivity index (χ1n) is 14.5. The monoisotopic (exact) mass is 566 g/mol. The van der Waals surface area contributed by atoms with Crippen LogP contribution in [-0.4, -0.2) is 64.5 Å². The van der Waals surface area contributed by atoms with E-state index in [4.69, 9.17) is 15.7 Å². The molecule has 212 valence electrons. The van der Waals surface area contributed by atoms with Crippen LogP contribution in [0.25, 0.3) is 39.5 Å². The third-order valence-electron chi connectivity index (χ3n) is 8.53. The average molecular weight is 567 g/mol. The zero-order valence-electron chi connectivity index (χ0n) is 23.6. The molecule has 1 saturated heterocycles. The molecule has 43 heavy (non-hydrogen) atoms. The number of fused-ring (bicyclic) bond motifs is 1. The number of hydrogen-bond acceptors (Lipinski definition) is 9. The van der Waals surface area contributed by atoms with Gasteiger partial charge in [-0.3, -0.25) is 9.47 Å². The summed E-state index contributed by atoms with van der Waals surface area (Å²) in [5.41, 5.74) is 13.0. The Hall–Kier alpha value is -5.22. The highest BCUT2D eigenvalue weighted by Crippen LogP contribution is 2.45. The molecular weight excluding hydrogens is 536 g/mol. The number of nitrogens with two attached hydrogens (primary N) is 1. The van der Waals surface area contributed by atoms with E-state index in [1.54, 1.807) is 18.9 Å². The second kappa shape index (κ2) is 10.2. The van der Waals surface area contributed by atoms with E-state index in [1.165, 1.54) is 18.4 Å². The number of nitrogen functional groups attached to an aromatic ring is 1. The fraction of sp³-hybridized carbons (Fsp3) is 0.212. The Kier molecular flexibility index (Phi) is 6.07. The molecule has 2 aliphatic rings. The van der Waals surface area contributed by atoms with Crippen molar-refractivity contribution in [3.05, 3.63) is 103 Å². The van der Waals surface area contributed by atoms with Gasteiger partial charge in [-0.15, -0.1) is 0 Å². The van der Waals surface area contributed by atoms with Gasteiger partial charge < -0.3 is 10.6 Å². The largest absolute Gasteiger partial charge is 0.383 e. The van der Waals surface area contributed by atoms with Gasteiger partial charge in [-0.2, -0.15) is 0 Å². The number of benzene rings is 2. The van der Waals surface area contributed by atoms with Gasteiger partial charge in [-0.1, -0.05) is 42.5 Å². The summed E-state index contributed by atoms with van der Waals surface area (Å²) in [6.07, 6.45) is 7.20. The Morgan fingerprint density at radius 2 is 1.60 bits per heavy atom. The number of imidazole rings is 1. The molecule has 2 fully saturated rings. The van der Waals surface area contributed by atoms with Crippen molar-refractivity contribution in [1.82, 2.24) is 39.4 Å². The SMILES string of the molecule is Nc1ncccc1-c1nc2ccc(-c3ccccc3)nc2n1-c1ccc(CN2CCN(c3ncncn3)C3(CC3)C2)cc1. The van der Waals surface area contributed by atoms with Crippen LogP contribution < -0.4 is 10.6 Å². The standard InChI is InChI=1S/C33H30N10/c34-29-26(7-4-16-36-29)30-40-28-13-12-27(24-5-2-1-3-6-24)39-31(28)43(30)25-10-8-23(9-11-25)19-41-17-18-42(33(20-41)14-15-33)32-37-21-35-22-38-32/h1-13,16,21-22H,14-15,17-20H2,(H2,34,36). The van der Waals surface area contributed by atoms with Gasteiger partial charge in [0.15, 0.2) is 11.5 Å². The number of rotatable bonds is 6. The maximum Gasteiger partial charge on any atom is 0.228 e. The van der Waals surface area contributed by atoms with Crippen LogP contribution in [0.3, 0.4) is 0 Å². The van der Waals surface area contributed by atoms with Crippen LogP contribution in [0.1, 0.15) is 18.4 Å². The molecule has 1 saturated carbocycles. The molecule has 0 amide bonds. The van der Waals surface area contributed by atoms with Gasteiger partial charge in [0, 0.05) is 43.6 Å². The van der Waals surface area contributed by atoms with Crippen molar-refractivity contribution in [2.45, 2.75) is 24.9 Å². The van der Waals surface area contributed by atoms with Crippen LogP contribution in [0.5, 0.6) is 0 Å². The Morgan fingerprint density at radius 1 is 0.791 bits per heavy atom. The van der Waals surface area contributed by atoms with Crippen LogP contribution in [0, 0.1) is 0 Å². The summed E-state index contributed by atoms with van der Waals surface area (Å²) in [6, 6.07) is 26.8. The summed E-state index contributed by atoms with van der Waals surface area (Å²) in [7, 11) is 0. The predicted octanol–water partition coefficient (Wildman–Crippen LogP) is 4.77. The highest BCUT2D eigenvalue weighted by molar-refractivity contribution is 5.84. The Balaban J connectivity index is 1.11. The molecule has 2 aromatic carbocycles. The van der Waals surface area contributed by atoms with Gasteiger partial charge in [0.2, 0.25) is 5.95 Å². The lowest BCUT2D eigenvalue weighted by atomic mass is 10.1. The quantitative estimate of drug-likeness (QED) is 0.304. The number of piperazine rings is 1. The normalized spacial score (nSPS) is 16.1. The molecule has 2 N–H and O–H groups in total. The summed E-state index contributed by atoms with van der Waals surface area (Å²) in [6.45, 7) is 3.76. The van der Waals surface area contributed by atoms with E-state index < -0.39 is 0 Å². The fourth-order valence-corrected chi connectivity index (χ4v) is 6.22. The molecule has 10 nitrogen and oxygen atoms in total. The molecule has 10 heteroatoms. The average Bonchev–Trinajstić information content (AvgIpc) is 3.71. The zero-order chi connectivity index (χ0) is 28.8. The van der Waals surface area contributed by atoms with Crippen molar-refractivity contribution >= 4 is 22.9 Å². The van der Waals surface area contributed by atoms with Crippen molar-refractivity contribution in [1.29, 1.82) is 0 Å². The lowest BCUT2D eigenvalue weighted by Crippen LogP contribution is -2.55. The Bertz CT molecular complexity index is 1900. The molecule has 4 aromatic heterocycles. The summed E-state index contributed by atoms with van der Waals surface area (Å²) in [5, 5.41) is 0. The lowest BCUT2D eigenvalue weighted by molar-refractivity contribution is 0.204. The maximum atomic E-state index is 6.34. The van der Waals surface area contributed by atoms with E-state index in [0.717, 1.165) is 71.6 Å². The first-order chi connectivity index (χ1) is 21.2. The highest BCUT2D eigenvalue weighted by Gasteiger charge is 2.52. The Labute approximate surface area is 248 Å². The van der Waals surface area contributed by atoms with Gasteiger partial charge in [-0.25, -0.2) is 29.9 Å². The van der Waals surface area contributed by atoms with Crippen LogP contribution in [-0.2, 0) is 6.54 Å². The third-order valence-corrected chi connectivity index (χ3v) is 8.53. The van der Waals surface area contributed by atoms with Gasteiger partial charge in [0.05, 0.1) is 16.8 Å². The fourth-order valence-electron chi connectivity index (χ4n) is 6.22. The van der Waals surface area contributed by atoms with Crippen molar-refractivity contribution in [3.8, 4) is 28.3 Å². The van der Waals surface area contributed by atoms with Gasteiger partial charge >= 0.3 is 0 Å². The summed E-state index contributed by atoms with van der Waals surface area (Å²) < 4.78 is 2.09. The van der Waals surface area contributed by atoms with Crippen LogP contribution in [0.15, 0.2) is 97.7 Å². The molecule has 0 atom stereocenters. The molecule has 1 spiro atoms. The van der Waals surface area contributed by atoms with E-state index >= 15 is 0 Å². The minimum Gasteiger partial charge on any atom is -0.383 e. The second-order valence-electron chi connectivity index (χ2n) is 11.3. The van der Waals surface area contributed by atoms with Gasteiger partial charge in [0.1, 0.15) is 24.0 Å². The lowest BCUT2D eigenvalue weighted by Gasteiger charge is -2.42. The zero-order valence-corrected chi connectivity index (χ0v) is 23.6. The highest BCUT2D eigenvalue weighted by atomic mass is 15.4. The number of nitrogens with zero attached hydrogens (tertiary/aromatic N) is 9. The van der Waals surface area contributed by atoms with E-state index in [9.17, 15) is 0 Å². The molecule has 6 aromatic rings. The molecule has 8 rings (SSSR count). The molecule has 0 bridgehead atoms. The minimum absolute atomic E-state index is 0.135. The minimum atomic E-state index is 0.135. The van der Waals surface area contributed by atoms with Crippen molar-refractivity contribution in [2.24, 2.45) is 0 Å². The van der Waals surface area contributed by atoms with E-state index in [1.807, 2.05) is 42.5 Å². The summed E-state index contributed by atoms with van der Waals surface area (Å²) >= 11 is 0. The maximum absolute atomic E-state index is 6.34. The van der Waals surface area contributed by atoms with Crippen LogP contribution >= 0.6 is 0 Å². The van der Waals surface area contributed by atoms with E-state index in [0.29, 0.717) is 5.82 Å². The summed E-state index contributed by atoms with van der Waals surface area (Å²) in [5.74, 6) is 1.94. The third kappa shape index (κ3) is 4.65. The van der Waals surface area contributed by atoms with E-state index in [-0.39, 0.29) is 5.54 Å². The number of pyridine rings is 2. The van der Waals surface area contributed by atoms with E-state index in [2.05, 4.69) is 70.7 Å². The van der Waals surface area contributed by atoms with Gasteiger partial charge in [-0.05, 0) is 54.8 Å². The van der Waals surface area contributed by atoms with Crippen molar-refractivity contribution in [2.75, 3.05) is 30.3 Å². The molecular formula is C33H30N10. The van der Waals surface area contributed by atoms with Crippen LogP contribution in [0.4, 0.5) is 11.8 Å². The molecule has 0 radical (unpaired) electrons. The molecule has 1 aliphatic carbocycles. The summed E-state index contributed by atoms with van der Waals surface area (Å²) in [4.78, 5) is 32.1. The van der Waals surface area contributed by atoms with Crippen molar-refractivity contribution in [3.63, 3.8) is 0 Å². The topological polar surface area (TPSA) is 115 Å². The number of aromatic nitrogens is 7. The number of anilines is 2. The second-order valence-corrected chi connectivity index (χ2v) is 11.3. The predicted molar refractivity (Wildman–Crippen MR) is 166 cm³/mol. The number of hydrogen-bond donors (Lipinski definition) is 1. The van der Waals surface area contributed by atoms with Crippen molar-refractivity contribution < 1.29 is 0 Å². The first-order valence-corrected chi connectivity index (χ1v) is 14.5.